The predicted octanol–water partition coefficient (Wildman–Crippen LogP) is 13.1. The van der Waals surface area contributed by atoms with Gasteiger partial charge < -0.3 is 9.13 Å². The maximum atomic E-state index is 5.61. The molecule has 266 valence electrons. The first-order chi connectivity index (χ1) is 28.3. The van der Waals surface area contributed by atoms with E-state index in [9.17, 15) is 0 Å². The number of aromatic nitrogens is 5. The molecule has 0 aliphatic heterocycles. The van der Waals surface area contributed by atoms with Gasteiger partial charge in [0.05, 0.1) is 33.1 Å². The number of fused-ring (bicyclic) bond motifs is 9. The van der Waals surface area contributed by atoms with Crippen LogP contribution in [0.4, 0.5) is 0 Å². The average molecular weight is 728 g/mol. The minimum Gasteiger partial charge on any atom is -0.309 e. The van der Waals surface area contributed by atoms with Crippen LogP contribution in [-0.2, 0) is 0 Å². The third kappa shape index (κ3) is 4.76. The molecule has 0 saturated carbocycles. The predicted molar refractivity (Wildman–Crippen MR) is 236 cm³/mol. The molecular weight excluding hydrogens is 695 g/mol. The maximum Gasteiger partial charge on any atom is 0.235 e. The van der Waals surface area contributed by atoms with E-state index in [0.29, 0.717) is 5.95 Å². The second kappa shape index (κ2) is 12.4. The third-order valence-corrected chi connectivity index (χ3v) is 11.5. The summed E-state index contributed by atoms with van der Waals surface area (Å²) in [5, 5.41) is 5.80. The molecule has 4 aromatic heterocycles. The quantitative estimate of drug-likeness (QED) is 0.177. The minimum absolute atomic E-state index is 0.645. The van der Waals surface area contributed by atoms with Crippen LogP contribution in [0.5, 0.6) is 0 Å². The van der Waals surface area contributed by atoms with E-state index in [1.54, 1.807) is 0 Å². The van der Waals surface area contributed by atoms with E-state index in [1.165, 1.54) is 32.7 Å². The van der Waals surface area contributed by atoms with Gasteiger partial charge in [0.2, 0.25) is 5.95 Å². The minimum atomic E-state index is 0.645. The van der Waals surface area contributed by atoms with Gasteiger partial charge >= 0.3 is 0 Å². The Morgan fingerprint density at radius 3 is 1.40 bits per heavy atom. The van der Waals surface area contributed by atoms with Crippen molar-refractivity contribution in [1.29, 1.82) is 0 Å². The molecule has 0 aliphatic carbocycles. The molecule has 0 radical (unpaired) electrons. The lowest BCUT2D eigenvalue weighted by atomic mass is 10.1. The summed E-state index contributed by atoms with van der Waals surface area (Å²) in [6.45, 7) is 0. The molecule has 0 N–H and O–H groups in total. The molecule has 5 nitrogen and oxygen atoms in total. The molecule has 0 atom stereocenters. The molecule has 8 aromatic carbocycles. The van der Waals surface area contributed by atoms with Crippen LogP contribution in [-0.4, -0.2) is 23.7 Å². The Labute approximate surface area is 328 Å². The van der Waals surface area contributed by atoms with Gasteiger partial charge in [-0.25, -0.2) is 9.97 Å². The van der Waals surface area contributed by atoms with Gasteiger partial charge in [0, 0.05) is 43.9 Å². The molecule has 4 heterocycles. The summed E-state index contributed by atoms with van der Waals surface area (Å²) in [5.74, 6) is 0.645. The normalized spacial score (nSPS) is 11.9. The lowest BCUT2D eigenvalue weighted by Gasteiger charge is -2.14. The van der Waals surface area contributed by atoms with Crippen molar-refractivity contribution in [1.82, 2.24) is 23.7 Å². The molecule has 0 amide bonds. The molecule has 57 heavy (non-hydrogen) atoms. The van der Waals surface area contributed by atoms with E-state index in [2.05, 4.69) is 214 Å². The lowest BCUT2D eigenvalue weighted by molar-refractivity contribution is 1.01. The van der Waals surface area contributed by atoms with Crippen molar-refractivity contribution in [2.75, 3.05) is 0 Å². The Morgan fingerprint density at radius 1 is 0.298 bits per heavy atom. The zero-order chi connectivity index (χ0) is 37.5. The fourth-order valence-electron chi connectivity index (χ4n) is 8.95. The zero-order valence-electron chi connectivity index (χ0n) is 30.8. The summed E-state index contributed by atoms with van der Waals surface area (Å²) in [6.07, 6.45) is 0. The highest BCUT2D eigenvalue weighted by molar-refractivity contribution is 6.15. The van der Waals surface area contributed by atoms with Crippen molar-refractivity contribution in [2.24, 2.45) is 0 Å². The Bertz CT molecular complexity index is 3450. The molecule has 5 heteroatoms. The van der Waals surface area contributed by atoms with Gasteiger partial charge in [-0.2, -0.15) is 0 Å². The van der Waals surface area contributed by atoms with E-state index in [0.717, 1.165) is 66.6 Å². The fourth-order valence-corrected chi connectivity index (χ4v) is 8.95. The summed E-state index contributed by atoms with van der Waals surface area (Å²) < 4.78 is 6.94. The van der Waals surface area contributed by atoms with Gasteiger partial charge in [0.25, 0.3) is 0 Å². The van der Waals surface area contributed by atoms with Gasteiger partial charge in [-0.05, 0) is 71.8 Å². The number of nitrogens with zero attached hydrogens (tertiary/aromatic N) is 5. The largest absolute Gasteiger partial charge is 0.309 e. The van der Waals surface area contributed by atoms with Crippen LogP contribution in [0, 0.1) is 0 Å². The second-order valence-electron chi connectivity index (χ2n) is 14.6. The highest BCUT2D eigenvalue weighted by Crippen LogP contribution is 2.41. The molecule has 0 aliphatic rings. The summed E-state index contributed by atoms with van der Waals surface area (Å²) in [5.41, 5.74) is 13.9. The van der Waals surface area contributed by atoms with Crippen LogP contribution in [0.25, 0.3) is 105 Å². The van der Waals surface area contributed by atoms with Crippen molar-refractivity contribution in [3.05, 3.63) is 200 Å². The first-order valence-electron chi connectivity index (χ1n) is 19.3. The number of benzene rings is 8. The maximum absolute atomic E-state index is 5.61. The summed E-state index contributed by atoms with van der Waals surface area (Å²) >= 11 is 0. The van der Waals surface area contributed by atoms with E-state index < -0.39 is 0 Å². The molecule has 0 bridgehead atoms. The van der Waals surface area contributed by atoms with Gasteiger partial charge in [-0.1, -0.05) is 140 Å². The van der Waals surface area contributed by atoms with E-state index in [1.807, 2.05) is 0 Å². The summed E-state index contributed by atoms with van der Waals surface area (Å²) in [7, 11) is 0. The van der Waals surface area contributed by atoms with Crippen LogP contribution >= 0.6 is 0 Å². The first-order valence-corrected chi connectivity index (χ1v) is 19.3. The van der Waals surface area contributed by atoms with Crippen LogP contribution in [0.1, 0.15) is 0 Å². The van der Waals surface area contributed by atoms with Gasteiger partial charge in [-0.3, -0.25) is 4.57 Å². The fraction of sp³-hybridized carbons (Fsp3) is 0. The number of hydrogen-bond acceptors (Lipinski definition) is 2. The van der Waals surface area contributed by atoms with E-state index in [-0.39, 0.29) is 0 Å². The molecule has 0 fully saturated rings. The number of para-hydroxylation sites is 5. The standard InChI is InChI=1S/C52H33N5/c1-3-15-34(16-4-1)35-27-30-38(31-28-35)55-44-23-11-9-21-41(44)43-33-36(29-32-48(43)55)49-51-50(42-22-10-14-26-47(42)56(51)37-17-5-2-6-18-37)54-52(53-49)57-45-24-12-7-19-39(45)40-20-8-13-25-46(40)57/h1-33H. The van der Waals surface area contributed by atoms with Crippen molar-refractivity contribution >= 4 is 65.5 Å². The highest BCUT2D eigenvalue weighted by Gasteiger charge is 2.24. The zero-order valence-corrected chi connectivity index (χ0v) is 30.8. The number of rotatable bonds is 5. The smallest absolute Gasteiger partial charge is 0.235 e. The van der Waals surface area contributed by atoms with Crippen LogP contribution in [0.15, 0.2) is 200 Å². The first kappa shape index (κ1) is 31.6. The van der Waals surface area contributed by atoms with Gasteiger partial charge in [0.1, 0.15) is 11.2 Å². The Morgan fingerprint density at radius 2 is 0.754 bits per heavy atom. The average Bonchev–Trinajstić information content (AvgIpc) is 3.92. The Kier molecular flexibility index (Phi) is 6.86. The number of hydrogen-bond donors (Lipinski definition) is 0. The topological polar surface area (TPSA) is 40.6 Å². The second-order valence-corrected chi connectivity index (χ2v) is 14.6. The van der Waals surface area contributed by atoms with Crippen molar-refractivity contribution in [2.45, 2.75) is 0 Å². The van der Waals surface area contributed by atoms with Gasteiger partial charge in [0.15, 0.2) is 0 Å². The van der Waals surface area contributed by atoms with Crippen molar-refractivity contribution in [3.63, 3.8) is 0 Å². The molecule has 12 rings (SSSR count). The molecule has 12 aromatic rings. The van der Waals surface area contributed by atoms with Crippen molar-refractivity contribution in [3.8, 4) is 39.7 Å². The molecule has 0 spiro atoms. The summed E-state index contributed by atoms with van der Waals surface area (Å²) in [4.78, 5) is 11.1. The Balaban J connectivity index is 1.16. The van der Waals surface area contributed by atoms with E-state index >= 15 is 0 Å². The molecular formula is C52H33N5. The lowest BCUT2D eigenvalue weighted by Crippen LogP contribution is -2.05. The van der Waals surface area contributed by atoms with Crippen LogP contribution < -0.4 is 0 Å². The SMILES string of the molecule is c1ccc(-c2ccc(-n3c4ccccc4c4cc(-c5nc(-n6c7ccccc7c7ccccc76)nc6c7ccccc7n(-c7ccccc7)c56)ccc43)cc2)cc1. The highest BCUT2D eigenvalue weighted by atomic mass is 15.2. The Hall–Kier alpha value is -7.76. The monoisotopic (exact) mass is 727 g/mol. The summed E-state index contributed by atoms with van der Waals surface area (Å²) in [6, 6.07) is 71.3. The van der Waals surface area contributed by atoms with Crippen molar-refractivity contribution < 1.29 is 0 Å². The van der Waals surface area contributed by atoms with Crippen LogP contribution in [0.2, 0.25) is 0 Å². The van der Waals surface area contributed by atoms with Crippen LogP contribution in [0.3, 0.4) is 0 Å². The molecule has 0 unspecified atom stereocenters. The molecule has 0 saturated heterocycles. The van der Waals surface area contributed by atoms with E-state index in [4.69, 9.17) is 9.97 Å². The third-order valence-electron chi connectivity index (χ3n) is 11.5. The van der Waals surface area contributed by atoms with Gasteiger partial charge in [-0.15, -0.1) is 0 Å².